The van der Waals surface area contributed by atoms with Gasteiger partial charge in [0.2, 0.25) is 0 Å². The monoisotopic (exact) mass is 301 g/mol. The lowest BCUT2D eigenvalue weighted by molar-refractivity contribution is 0.228. The van der Waals surface area contributed by atoms with Gasteiger partial charge in [0.1, 0.15) is 6.33 Å². The Hall–Kier alpha value is -0.580. The van der Waals surface area contributed by atoms with Crippen LogP contribution in [0.2, 0.25) is 0 Å². The van der Waals surface area contributed by atoms with E-state index in [4.69, 9.17) is 0 Å². The Morgan fingerprint density at radius 1 is 1.35 bits per heavy atom. The zero-order chi connectivity index (χ0) is 12.3. The molecule has 1 aromatic rings. The molecule has 1 fully saturated rings. The molecule has 0 aliphatic heterocycles. The van der Waals surface area contributed by atoms with Crippen LogP contribution in [0, 0.1) is 5.41 Å². The van der Waals surface area contributed by atoms with Gasteiger partial charge >= 0.3 is 5.69 Å². The van der Waals surface area contributed by atoms with Crippen molar-refractivity contribution in [1.29, 1.82) is 0 Å². The maximum Gasteiger partial charge on any atom is 0.345 e. The zero-order valence-corrected chi connectivity index (χ0v) is 11.9. The van der Waals surface area contributed by atoms with Crippen molar-refractivity contribution in [3.8, 4) is 0 Å². The van der Waals surface area contributed by atoms with E-state index in [1.165, 1.54) is 38.5 Å². The van der Waals surface area contributed by atoms with Crippen LogP contribution in [-0.2, 0) is 13.6 Å². The van der Waals surface area contributed by atoms with Crippen LogP contribution < -0.4 is 5.69 Å². The van der Waals surface area contributed by atoms with Gasteiger partial charge in [0.15, 0.2) is 0 Å². The summed E-state index contributed by atoms with van der Waals surface area (Å²) < 4.78 is 3.16. The van der Waals surface area contributed by atoms with E-state index >= 15 is 0 Å². The van der Waals surface area contributed by atoms with Crippen molar-refractivity contribution in [2.45, 2.75) is 45.1 Å². The Balaban J connectivity index is 2.18. The highest BCUT2D eigenvalue weighted by Crippen LogP contribution is 2.37. The maximum absolute atomic E-state index is 11.8. The van der Waals surface area contributed by atoms with E-state index in [0.717, 1.165) is 11.9 Å². The van der Waals surface area contributed by atoms with Gasteiger partial charge in [-0.1, -0.05) is 41.6 Å². The summed E-state index contributed by atoms with van der Waals surface area (Å²) >= 11 is 3.64. The Morgan fingerprint density at radius 2 is 2.00 bits per heavy atom. The third-order valence-corrected chi connectivity index (χ3v) is 5.01. The minimum atomic E-state index is -0.00503. The molecule has 1 aliphatic carbocycles. The molecule has 0 saturated heterocycles. The number of hydrogen-bond donors (Lipinski definition) is 0. The normalized spacial score (nSPS) is 20.1. The van der Waals surface area contributed by atoms with Crippen molar-refractivity contribution in [2.75, 3.05) is 5.33 Å². The molecule has 0 unspecified atom stereocenters. The topological polar surface area (TPSA) is 39.8 Å². The summed E-state index contributed by atoms with van der Waals surface area (Å²) in [6.45, 7) is 0.748. The molecule has 1 aliphatic rings. The number of aromatic nitrogens is 3. The van der Waals surface area contributed by atoms with Crippen LogP contribution in [0.1, 0.15) is 38.5 Å². The first-order chi connectivity index (χ1) is 8.17. The first kappa shape index (κ1) is 12.9. The molecule has 1 aromatic heterocycles. The van der Waals surface area contributed by atoms with E-state index in [9.17, 15) is 4.79 Å². The van der Waals surface area contributed by atoms with E-state index in [1.54, 1.807) is 22.6 Å². The molecule has 4 nitrogen and oxygen atoms in total. The fraction of sp³-hybridized carbons (Fsp3) is 0.833. The fourth-order valence-corrected chi connectivity index (χ4v) is 3.40. The van der Waals surface area contributed by atoms with Crippen molar-refractivity contribution in [3.05, 3.63) is 16.8 Å². The quantitative estimate of drug-likeness (QED) is 0.635. The van der Waals surface area contributed by atoms with Gasteiger partial charge in [-0.15, -0.1) is 0 Å². The molecule has 0 radical (unpaired) electrons. The summed E-state index contributed by atoms with van der Waals surface area (Å²) in [6.07, 6.45) is 9.18. The molecule has 17 heavy (non-hydrogen) atoms. The fourth-order valence-electron chi connectivity index (χ4n) is 2.66. The molecule has 0 bridgehead atoms. The molecule has 1 heterocycles. The first-order valence-corrected chi connectivity index (χ1v) is 7.43. The molecular formula is C12H20BrN3O. The van der Waals surface area contributed by atoms with Crippen molar-refractivity contribution in [2.24, 2.45) is 12.5 Å². The Labute approximate surface area is 110 Å². The van der Waals surface area contributed by atoms with Crippen LogP contribution in [-0.4, -0.2) is 19.7 Å². The average Bonchev–Trinajstić information content (AvgIpc) is 2.59. The average molecular weight is 302 g/mol. The van der Waals surface area contributed by atoms with Gasteiger partial charge < -0.3 is 0 Å². The maximum atomic E-state index is 11.8. The molecule has 96 valence electrons. The van der Waals surface area contributed by atoms with Crippen molar-refractivity contribution >= 4 is 15.9 Å². The van der Waals surface area contributed by atoms with E-state index in [1.807, 2.05) is 0 Å². The predicted octanol–water partition coefficient (Wildman–Crippen LogP) is 2.32. The number of alkyl halides is 1. The molecule has 0 amide bonds. The summed E-state index contributed by atoms with van der Waals surface area (Å²) in [5, 5.41) is 5.14. The molecule has 1 saturated carbocycles. The van der Waals surface area contributed by atoms with E-state index < -0.39 is 0 Å². The highest BCUT2D eigenvalue weighted by Gasteiger charge is 2.31. The first-order valence-electron chi connectivity index (χ1n) is 6.31. The SMILES string of the molecule is Cn1cnn(CC2(CBr)CCCCCC2)c1=O. The second kappa shape index (κ2) is 5.38. The largest absolute Gasteiger partial charge is 0.345 e. The van der Waals surface area contributed by atoms with Crippen LogP contribution in [0.3, 0.4) is 0 Å². The number of halogens is 1. The molecule has 0 spiro atoms. The Morgan fingerprint density at radius 3 is 2.47 bits per heavy atom. The number of nitrogens with zero attached hydrogens (tertiary/aromatic N) is 3. The van der Waals surface area contributed by atoms with Gasteiger partial charge in [0, 0.05) is 12.4 Å². The molecule has 0 atom stereocenters. The van der Waals surface area contributed by atoms with Gasteiger partial charge in [0.05, 0.1) is 6.54 Å². The summed E-state index contributed by atoms with van der Waals surface area (Å²) in [7, 11) is 1.75. The number of rotatable bonds is 3. The van der Waals surface area contributed by atoms with Gasteiger partial charge in [-0.25, -0.2) is 9.48 Å². The lowest BCUT2D eigenvalue weighted by atomic mass is 9.82. The lowest BCUT2D eigenvalue weighted by Crippen LogP contribution is -2.34. The smallest absolute Gasteiger partial charge is 0.285 e. The number of aryl methyl sites for hydroxylation is 1. The summed E-state index contributed by atoms with van der Waals surface area (Å²) in [4.78, 5) is 11.8. The van der Waals surface area contributed by atoms with E-state index in [0.29, 0.717) is 0 Å². The summed E-state index contributed by atoms with van der Waals surface area (Å²) in [5.41, 5.74) is 0.212. The van der Waals surface area contributed by atoms with Crippen LogP contribution in [0.5, 0.6) is 0 Å². The van der Waals surface area contributed by atoms with Gasteiger partial charge in [0.25, 0.3) is 0 Å². The predicted molar refractivity (Wildman–Crippen MR) is 71.4 cm³/mol. The van der Waals surface area contributed by atoms with Crippen LogP contribution in [0.15, 0.2) is 11.1 Å². The minimum Gasteiger partial charge on any atom is -0.285 e. The Bertz CT molecular complexity index is 416. The number of hydrogen-bond acceptors (Lipinski definition) is 2. The second-order valence-corrected chi connectivity index (χ2v) is 5.79. The van der Waals surface area contributed by atoms with E-state index in [-0.39, 0.29) is 11.1 Å². The van der Waals surface area contributed by atoms with Crippen molar-refractivity contribution < 1.29 is 0 Å². The van der Waals surface area contributed by atoms with Crippen LogP contribution in [0.25, 0.3) is 0 Å². The van der Waals surface area contributed by atoms with Crippen LogP contribution >= 0.6 is 15.9 Å². The van der Waals surface area contributed by atoms with Crippen molar-refractivity contribution in [1.82, 2.24) is 14.3 Å². The molecule has 0 N–H and O–H groups in total. The molecule has 0 aromatic carbocycles. The van der Waals surface area contributed by atoms with Crippen LogP contribution in [0.4, 0.5) is 0 Å². The molecule has 2 rings (SSSR count). The Kier molecular flexibility index (Phi) is 4.07. The van der Waals surface area contributed by atoms with Gasteiger partial charge in [-0.05, 0) is 18.3 Å². The minimum absolute atomic E-state index is 0.00503. The highest BCUT2D eigenvalue weighted by atomic mass is 79.9. The molecule has 5 heteroatoms. The third kappa shape index (κ3) is 2.81. The molecular weight excluding hydrogens is 282 g/mol. The van der Waals surface area contributed by atoms with E-state index in [2.05, 4.69) is 21.0 Å². The lowest BCUT2D eigenvalue weighted by Gasteiger charge is -2.30. The van der Waals surface area contributed by atoms with Gasteiger partial charge in [-0.2, -0.15) is 5.10 Å². The second-order valence-electron chi connectivity index (χ2n) is 5.23. The summed E-state index contributed by atoms with van der Waals surface area (Å²) in [5.74, 6) is 0. The standard InChI is InChI=1S/C12H20BrN3O/c1-15-10-14-16(11(15)17)9-12(8-13)6-4-2-3-5-7-12/h10H,2-9H2,1H3. The van der Waals surface area contributed by atoms with Crippen molar-refractivity contribution in [3.63, 3.8) is 0 Å². The zero-order valence-electron chi connectivity index (χ0n) is 10.4. The highest BCUT2D eigenvalue weighted by molar-refractivity contribution is 9.09. The summed E-state index contributed by atoms with van der Waals surface area (Å²) in [6, 6.07) is 0. The van der Waals surface area contributed by atoms with Gasteiger partial charge in [-0.3, -0.25) is 4.57 Å². The third-order valence-electron chi connectivity index (χ3n) is 3.82.